The highest BCUT2D eigenvalue weighted by molar-refractivity contribution is 7.92. The molecule has 122 valence electrons. The number of carbonyl (C=O) groups is 1. The van der Waals surface area contributed by atoms with Crippen LogP contribution in [0.4, 0.5) is 5.69 Å². The Morgan fingerprint density at radius 3 is 2.43 bits per heavy atom. The maximum atomic E-state index is 12.7. The molecule has 0 amide bonds. The highest BCUT2D eigenvalue weighted by Gasteiger charge is 2.20. The number of sulfonamides is 1. The molecule has 2 aromatic rings. The molecule has 0 atom stereocenters. The summed E-state index contributed by atoms with van der Waals surface area (Å²) in [4.78, 5) is 11.9. The number of ether oxygens (including phenoxy) is 1. The normalized spacial score (nSPS) is 11.1. The second kappa shape index (κ2) is 6.42. The molecule has 0 aliphatic heterocycles. The molecular weight excluding hydrogens is 314 g/mol. The number of anilines is 1. The Morgan fingerprint density at radius 1 is 1.09 bits per heavy atom. The molecular formula is C17H19NO4S. The summed E-state index contributed by atoms with van der Waals surface area (Å²) in [7, 11) is -2.45. The number of rotatable bonds is 4. The summed E-state index contributed by atoms with van der Waals surface area (Å²) in [6.07, 6.45) is 0. The second-order valence-electron chi connectivity index (χ2n) is 5.34. The maximum absolute atomic E-state index is 12.7. The molecule has 0 heterocycles. The van der Waals surface area contributed by atoms with Crippen LogP contribution in [0.2, 0.25) is 0 Å². The van der Waals surface area contributed by atoms with Gasteiger partial charge in [0.2, 0.25) is 0 Å². The van der Waals surface area contributed by atoms with Crippen LogP contribution in [0.5, 0.6) is 0 Å². The third-order valence-corrected chi connectivity index (χ3v) is 5.12. The van der Waals surface area contributed by atoms with Gasteiger partial charge in [-0.05, 0) is 55.7 Å². The highest BCUT2D eigenvalue weighted by atomic mass is 32.2. The minimum Gasteiger partial charge on any atom is -0.465 e. The fraction of sp³-hybridized carbons (Fsp3) is 0.235. The van der Waals surface area contributed by atoms with Gasteiger partial charge in [0.1, 0.15) is 0 Å². The lowest BCUT2D eigenvalue weighted by atomic mass is 10.1. The van der Waals surface area contributed by atoms with Crippen molar-refractivity contribution in [2.45, 2.75) is 25.7 Å². The molecule has 0 unspecified atom stereocenters. The molecule has 2 rings (SSSR count). The molecule has 0 fully saturated rings. The lowest BCUT2D eigenvalue weighted by molar-refractivity contribution is 0.0600. The van der Waals surface area contributed by atoms with Crippen molar-refractivity contribution in [3.8, 4) is 0 Å². The molecule has 0 spiro atoms. The third kappa shape index (κ3) is 3.53. The summed E-state index contributed by atoms with van der Waals surface area (Å²) in [6, 6.07) is 10.1. The summed E-state index contributed by atoms with van der Waals surface area (Å²) in [5, 5.41) is 0. The van der Waals surface area contributed by atoms with E-state index in [2.05, 4.69) is 4.72 Å². The molecule has 5 nitrogen and oxygen atoms in total. The van der Waals surface area contributed by atoms with Crippen molar-refractivity contribution in [1.82, 2.24) is 0 Å². The van der Waals surface area contributed by atoms with Crippen molar-refractivity contribution in [3.63, 3.8) is 0 Å². The molecule has 0 bridgehead atoms. The zero-order valence-electron chi connectivity index (χ0n) is 13.5. The zero-order chi connectivity index (χ0) is 17.2. The van der Waals surface area contributed by atoms with Gasteiger partial charge in [-0.25, -0.2) is 13.2 Å². The number of hydrogen-bond acceptors (Lipinski definition) is 4. The SMILES string of the molecule is COC(=O)c1cccc(NS(=O)(=O)c2cc(C)ccc2C)c1C. The van der Waals surface area contributed by atoms with E-state index >= 15 is 0 Å². The van der Waals surface area contributed by atoms with Gasteiger partial charge >= 0.3 is 5.97 Å². The van der Waals surface area contributed by atoms with E-state index in [1.807, 2.05) is 13.0 Å². The Morgan fingerprint density at radius 2 is 1.78 bits per heavy atom. The molecule has 0 aliphatic rings. The van der Waals surface area contributed by atoms with E-state index in [0.29, 0.717) is 22.4 Å². The first-order chi connectivity index (χ1) is 10.8. The number of carbonyl (C=O) groups excluding carboxylic acids is 1. The summed E-state index contributed by atoms with van der Waals surface area (Å²) in [6.45, 7) is 5.25. The van der Waals surface area contributed by atoms with Gasteiger partial charge in [-0.15, -0.1) is 0 Å². The predicted octanol–water partition coefficient (Wildman–Crippen LogP) is 3.20. The lowest BCUT2D eigenvalue weighted by Crippen LogP contribution is -2.16. The Kier molecular flexibility index (Phi) is 4.75. The summed E-state index contributed by atoms with van der Waals surface area (Å²) >= 11 is 0. The standard InChI is InChI=1S/C17H19NO4S/c1-11-8-9-12(2)16(10-11)23(20,21)18-15-7-5-6-14(13(15)3)17(19)22-4/h5-10,18H,1-4H3. The number of esters is 1. The van der Waals surface area contributed by atoms with Crippen LogP contribution in [0, 0.1) is 20.8 Å². The van der Waals surface area contributed by atoms with Gasteiger partial charge in [0.15, 0.2) is 0 Å². The van der Waals surface area contributed by atoms with E-state index in [1.165, 1.54) is 7.11 Å². The monoisotopic (exact) mass is 333 g/mol. The van der Waals surface area contributed by atoms with Gasteiger partial charge in [-0.3, -0.25) is 4.72 Å². The predicted molar refractivity (Wildman–Crippen MR) is 89.2 cm³/mol. The Balaban J connectivity index is 2.46. The molecule has 0 aliphatic carbocycles. The lowest BCUT2D eigenvalue weighted by Gasteiger charge is -2.14. The molecule has 0 saturated carbocycles. The van der Waals surface area contributed by atoms with E-state index in [9.17, 15) is 13.2 Å². The average Bonchev–Trinajstić information content (AvgIpc) is 2.50. The van der Waals surface area contributed by atoms with Crippen molar-refractivity contribution in [2.75, 3.05) is 11.8 Å². The van der Waals surface area contributed by atoms with E-state index in [0.717, 1.165) is 5.56 Å². The highest BCUT2D eigenvalue weighted by Crippen LogP contribution is 2.25. The smallest absolute Gasteiger partial charge is 0.338 e. The fourth-order valence-corrected chi connectivity index (χ4v) is 3.73. The number of methoxy groups -OCH3 is 1. The number of aryl methyl sites for hydroxylation is 2. The molecule has 0 aromatic heterocycles. The van der Waals surface area contributed by atoms with Gasteiger partial charge in [-0.2, -0.15) is 0 Å². The first kappa shape index (κ1) is 17.0. The van der Waals surface area contributed by atoms with Crippen molar-refractivity contribution in [3.05, 3.63) is 58.7 Å². The van der Waals surface area contributed by atoms with E-state index in [4.69, 9.17) is 4.74 Å². The van der Waals surface area contributed by atoms with E-state index in [1.54, 1.807) is 44.2 Å². The maximum Gasteiger partial charge on any atom is 0.338 e. The van der Waals surface area contributed by atoms with Crippen LogP contribution in [-0.4, -0.2) is 21.5 Å². The van der Waals surface area contributed by atoms with Crippen LogP contribution in [0.25, 0.3) is 0 Å². The number of hydrogen-bond donors (Lipinski definition) is 1. The van der Waals surface area contributed by atoms with E-state index < -0.39 is 16.0 Å². The van der Waals surface area contributed by atoms with Gasteiger partial charge in [-0.1, -0.05) is 18.2 Å². The zero-order valence-corrected chi connectivity index (χ0v) is 14.3. The Bertz CT molecular complexity index is 857. The van der Waals surface area contributed by atoms with Crippen LogP contribution in [0.1, 0.15) is 27.0 Å². The second-order valence-corrected chi connectivity index (χ2v) is 6.99. The summed E-state index contributed by atoms with van der Waals surface area (Å²) < 4.78 is 32.6. The average molecular weight is 333 g/mol. The van der Waals surface area contributed by atoms with E-state index in [-0.39, 0.29) is 4.90 Å². The van der Waals surface area contributed by atoms with Crippen LogP contribution in [0.3, 0.4) is 0 Å². The third-order valence-electron chi connectivity index (χ3n) is 3.62. The minimum atomic E-state index is -3.74. The van der Waals surface area contributed by atoms with Gasteiger partial charge in [0.05, 0.1) is 23.3 Å². The van der Waals surface area contributed by atoms with Crippen LogP contribution >= 0.6 is 0 Å². The molecule has 23 heavy (non-hydrogen) atoms. The minimum absolute atomic E-state index is 0.223. The van der Waals surface area contributed by atoms with Gasteiger partial charge < -0.3 is 4.74 Å². The number of benzene rings is 2. The summed E-state index contributed by atoms with van der Waals surface area (Å²) in [5.74, 6) is -0.504. The molecule has 1 N–H and O–H groups in total. The first-order valence-electron chi connectivity index (χ1n) is 7.04. The van der Waals surface area contributed by atoms with Crippen LogP contribution in [-0.2, 0) is 14.8 Å². The topological polar surface area (TPSA) is 72.5 Å². The molecule has 0 radical (unpaired) electrons. The van der Waals surface area contributed by atoms with Crippen LogP contribution in [0.15, 0.2) is 41.3 Å². The number of nitrogens with one attached hydrogen (secondary N) is 1. The van der Waals surface area contributed by atoms with Gasteiger partial charge in [0.25, 0.3) is 10.0 Å². The quantitative estimate of drug-likeness (QED) is 0.872. The van der Waals surface area contributed by atoms with Crippen molar-refractivity contribution in [2.24, 2.45) is 0 Å². The fourth-order valence-electron chi connectivity index (χ4n) is 2.27. The Hall–Kier alpha value is -2.34. The molecule has 6 heteroatoms. The summed E-state index contributed by atoms with van der Waals surface area (Å²) in [5.41, 5.74) is 2.72. The van der Waals surface area contributed by atoms with Gasteiger partial charge in [0, 0.05) is 0 Å². The molecule has 0 saturated heterocycles. The van der Waals surface area contributed by atoms with Crippen molar-refractivity contribution < 1.29 is 17.9 Å². The van der Waals surface area contributed by atoms with Crippen molar-refractivity contribution in [1.29, 1.82) is 0 Å². The molecule has 2 aromatic carbocycles. The largest absolute Gasteiger partial charge is 0.465 e. The van der Waals surface area contributed by atoms with Crippen LogP contribution < -0.4 is 4.72 Å². The Labute approximate surface area is 136 Å². The first-order valence-corrected chi connectivity index (χ1v) is 8.52. The van der Waals surface area contributed by atoms with Crippen molar-refractivity contribution >= 4 is 21.7 Å².